The Hall–Kier alpha value is -1.84. The Kier molecular flexibility index (Phi) is 2.88. The summed E-state index contributed by atoms with van der Waals surface area (Å²) in [6, 6.07) is 8.43. The highest BCUT2D eigenvalue weighted by molar-refractivity contribution is 5.91. The predicted molar refractivity (Wildman–Crippen MR) is 60.6 cm³/mol. The maximum atomic E-state index is 11.7. The van der Waals surface area contributed by atoms with Crippen molar-refractivity contribution in [3.05, 3.63) is 35.9 Å². The number of carbonyl (C=O) groups excluding carboxylic acids is 1. The zero-order chi connectivity index (χ0) is 12.5. The second-order valence-corrected chi connectivity index (χ2v) is 4.64. The fourth-order valence-corrected chi connectivity index (χ4v) is 1.70. The van der Waals surface area contributed by atoms with Crippen LogP contribution in [0.25, 0.3) is 0 Å². The number of rotatable bonds is 4. The number of carbonyl (C=O) groups is 2. The lowest BCUT2D eigenvalue weighted by Gasteiger charge is -2.19. The zero-order valence-electron chi connectivity index (χ0n) is 9.55. The van der Waals surface area contributed by atoms with Gasteiger partial charge < -0.3 is 9.84 Å². The number of esters is 1. The molecule has 0 radical (unpaired) electrons. The van der Waals surface area contributed by atoms with Gasteiger partial charge in [0, 0.05) is 5.41 Å². The molecular weight excluding hydrogens is 220 g/mol. The summed E-state index contributed by atoms with van der Waals surface area (Å²) < 4.78 is 5.09. The molecule has 0 spiro atoms. The van der Waals surface area contributed by atoms with Gasteiger partial charge in [-0.2, -0.15) is 0 Å². The van der Waals surface area contributed by atoms with Gasteiger partial charge in [0.25, 0.3) is 0 Å². The molecule has 90 valence electrons. The highest BCUT2D eigenvalue weighted by Gasteiger charge is 2.51. The summed E-state index contributed by atoms with van der Waals surface area (Å²) in [5.74, 6) is -1.65. The van der Waals surface area contributed by atoms with Crippen molar-refractivity contribution in [3.8, 4) is 0 Å². The molecule has 1 atom stereocenters. The molecule has 1 fully saturated rings. The van der Waals surface area contributed by atoms with Gasteiger partial charge in [-0.25, -0.2) is 9.59 Å². The van der Waals surface area contributed by atoms with E-state index in [-0.39, 0.29) is 0 Å². The maximum absolute atomic E-state index is 11.7. The summed E-state index contributed by atoms with van der Waals surface area (Å²) in [6.45, 7) is 1.82. The van der Waals surface area contributed by atoms with E-state index in [2.05, 4.69) is 0 Å². The van der Waals surface area contributed by atoms with Crippen molar-refractivity contribution in [1.29, 1.82) is 0 Å². The van der Waals surface area contributed by atoms with Crippen LogP contribution in [0.5, 0.6) is 0 Å². The van der Waals surface area contributed by atoms with Crippen molar-refractivity contribution in [3.63, 3.8) is 0 Å². The number of ether oxygens (including phenoxy) is 1. The lowest BCUT2D eigenvalue weighted by Crippen LogP contribution is -2.34. The fraction of sp³-hybridized carbons (Fsp3) is 0.385. The van der Waals surface area contributed by atoms with Gasteiger partial charge in [0.1, 0.15) is 0 Å². The van der Waals surface area contributed by atoms with Crippen LogP contribution in [0.2, 0.25) is 0 Å². The zero-order valence-corrected chi connectivity index (χ0v) is 9.55. The standard InChI is InChI=1S/C13H14O4/c1-13(7-8-13)10(11(14)15)17-12(16)9-5-3-2-4-6-9/h2-6,10H,7-8H2,1H3,(H,14,15). The van der Waals surface area contributed by atoms with E-state index in [1.54, 1.807) is 30.3 Å². The smallest absolute Gasteiger partial charge is 0.345 e. The number of aliphatic carboxylic acids is 1. The van der Waals surface area contributed by atoms with Crippen LogP contribution in [-0.2, 0) is 9.53 Å². The van der Waals surface area contributed by atoms with E-state index >= 15 is 0 Å². The Bertz CT molecular complexity index is 434. The summed E-state index contributed by atoms with van der Waals surface area (Å²) in [5, 5.41) is 9.07. The second kappa shape index (κ2) is 4.20. The highest BCUT2D eigenvalue weighted by Crippen LogP contribution is 2.49. The van der Waals surface area contributed by atoms with Gasteiger partial charge >= 0.3 is 11.9 Å². The minimum Gasteiger partial charge on any atom is -0.478 e. The normalized spacial score (nSPS) is 18.2. The Morgan fingerprint density at radius 2 is 1.88 bits per heavy atom. The second-order valence-electron chi connectivity index (χ2n) is 4.64. The van der Waals surface area contributed by atoms with Crippen molar-refractivity contribution in [2.75, 3.05) is 0 Å². The van der Waals surface area contributed by atoms with Crippen LogP contribution in [0.15, 0.2) is 30.3 Å². The summed E-state index contributed by atoms with van der Waals surface area (Å²) in [4.78, 5) is 22.8. The van der Waals surface area contributed by atoms with Gasteiger partial charge in [-0.15, -0.1) is 0 Å². The van der Waals surface area contributed by atoms with E-state index in [9.17, 15) is 9.59 Å². The van der Waals surface area contributed by atoms with Gasteiger partial charge in [-0.1, -0.05) is 25.1 Å². The van der Waals surface area contributed by atoms with E-state index in [0.29, 0.717) is 5.56 Å². The minimum atomic E-state index is -1.07. The van der Waals surface area contributed by atoms with Crippen LogP contribution in [0, 0.1) is 5.41 Å². The molecule has 0 amide bonds. The molecule has 2 rings (SSSR count). The Morgan fingerprint density at radius 1 is 1.29 bits per heavy atom. The number of carboxylic acid groups (broad SMARTS) is 1. The van der Waals surface area contributed by atoms with Crippen LogP contribution in [0.3, 0.4) is 0 Å². The first-order chi connectivity index (χ1) is 8.03. The Labute approximate surface area is 99.2 Å². The molecule has 0 aliphatic heterocycles. The Morgan fingerprint density at radius 3 is 2.35 bits per heavy atom. The third kappa shape index (κ3) is 2.46. The van der Waals surface area contributed by atoms with E-state index in [0.717, 1.165) is 12.8 Å². The first-order valence-electron chi connectivity index (χ1n) is 5.52. The first-order valence-corrected chi connectivity index (χ1v) is 5.52. The molecule has 1 N–H and O–H groups in total. The largest absolute Gasteiger partial charge is 0.478 e. The van der Waals surface area contributed by atoms with Gasteiger partial charge in [-0.05, 0) is 25.0 Å². The minimum absolute atomic E-state index is 0.378. The topological polar surface area (TPSA) is 63.6 Å². The molecule has 1 aromatic carbocycles. The molecule has 4 nitrogen and oxygen atoms in total. The molecule has 0 bridgehead atoms. The number of benzene rings is 1. The van der Waals surface area contributed by atoms with E-state index < -0.39 is 23.5 Å². The van der Waals surface area contributed by atoms with E-state index in [1.165, 1.54) is 0 Å². The first kappa shape index (κ1) is 11.6. The summed E-state index contributed by atoms with van der Waals surface area (Å²) in [7, 11) is 0. The van der Waals surface area contributed by atoms with Gasteiger partial charge in [-0.3, -0.25) is 0 Å². The maximum Gasteiger partial charge on any atom is 0.345 e. The van der Waals surface area contributed by atoms with Crippen LogP contribution >= 0.6 is 0 Å². The molecule has 1 aromatic rings. The van der Waals surface area contributed by atoms with E-state index in [1.807, 2.05) is 6.92 Å². The average molecular weight is 234 g/mol. The van der Waals surface area contributed by atoms with Crippen LogP contribution in [0.4, 0.5) is 0 Å². The van der Waals surface area contributed by atoms with Crippen molar-refractivity contribution >= 4 is 11.9 Å². The molecular formula is C13H14O4. The lowest BCUT2D eigenvalue weighted by atomic mass is 10.0. The highest BCUT2D eigenvalue weighted by atomic mass is 16.6. The van der Waals surface area contributed by atoms with Crippen molar-refractivity contribution < 1.29 is 19.4 Å². The average Bonchev–Trinajstić information content (AvgIpc) is 3.05. The SMILES string of the molecule is CC1(C(OC(=O)c2ccccc2)C(=O)O)CC1. The summed E-state index contributed by atoms with van der Waals surface area (Å²) in [6.07, 6.45) is 0.521. The molecule has 0 saturated heterocycles. The van der Waals surface area contributed by atoms with E-state index in [4.69, 9.17) is 9.84 Å². The van der Waals surface area contributed by atoms with Gasteiger partial charge in [0.15, 0.2) is 0 Å². The van der Waals surface area contributed by atoms with Gasteiger partial charge in [0.2, 0.25) is 6.10 Å². The predicted octanol–water partition coefficient (Wildman–Crippen LogP) is 2.10. The molecule has 1 unspecified atom stereocenters. The van der Waals surface area contributed by atoms with Gasteiger partial charge in [0.05, 0.1) is 5.56 Å². The molecule has 4 heteroatoms. The number of hydrogen-bond acceptors (Lipinski definition) is 3. The Balaban J connectivity index is 2.09. The fourth-order valence-electron chi connectivity index (χ4n) is 1.70. The van der Waals surface area contributed by atoms with Crippen LogP contribution in [0.1, 0.15) is 30.1 Å². The van der Waals surface area contributed by atoms with Crippen molar-refractivity contribution in [2.45, 2.75) is 25.9 Å². The number of carboxylic acids is 1. The van der Waals surface area contributed by atoms with Crippen LogP contribution < -0.4 is 0 Å². The summed E-state index contributed by atoms with van der Waals surface area (Å²) >= 11 is 0. The molecule has 1 aliphatic carbocycles. The third-order valence-electron chi connectivity index (χ3n) is 3.13. The third-order valence-corrected chi connectivity index (χ3v) is 3.13. The number of hydrogen-bond donors (Lipinski definition) is 1. The lowest BCUT2D eigenvalue weighted by molar-refractivity contribution is -0.150. The quantitative estimate of drug-likeness (QED) is 0.810. The molecule has 17 heavy (non-hydrogen) atoms. The van der Waals surface area contributed by atoms with Crippen molar-refractivity contribution in [1.82, 2.24) is 0 Å². The van der Waals surface area contributed by atoms with Crippen LogP contribution in [-0.4, -0.2) is 23.1 Å². The monoisotopic (exact) mass is 234 g/mol. The molecule has 0 heterocycles. The molecule has 1 aliphatic rings. The van der Waals surface area contributed by atoms with Crippen molar-refractivity contribution in [2.24, 2.45) is 5.41 Å². The summed E-state index contributed by atoms with van der Waals surface area (Å²) in [5.41, 5.74) is -0.0148. The molecule has 0 aromatic heterocycles. The molecule has 1 saturated carbocycles.